The Hall–Kier alpha value is -0.820. The van der Waals surface area contributed by atoms with Crippen LogP contribution in [-0.4, -0.2) is 13.6 Å². The predicted octanol–water partition coefficient (Wildman–Crippen LogP) is 4.60. The molecular formula is C18H29N. The van der Waals surface area contributed by atoms with Crippen LogP contribution in [-0.2, 0) is 0 Å². The Morgan fingerprint density at radius 2 is 1.89 bits per heavy atom. The Morgan fingerprint density at radius 1 is 1.16 bits per heavy atom. The SMILES string of the molecule is CCC1CCCC(CC(CNC)c2ccccc2)C1. The van der Waals surface area contributed by atoms with E-state index in [0.29, 0.717) is 5.92 Å². The average Bonchev–Trinajstić information content (AvgIpc) is 2.48. The highest BCUT2D eigenvalue weighted by molar-refractivity contribution is 5.20. The highest BCUT2D eigenvalue weighted by atomic mass is 14.8. The molecule has 0 aliphatic heterocycles. The van der Waals surface area contributed by atoms with Gasteiger partial charge < -0.3 is 5.32 Å². The first kappa shape index (κ1) is 14.6. The molecule has 1 aliphatic carbocycles. The molecule has 1 nitrogen and oxygen atoms in total. The van der Waals surface area contributed by atoms with E-state index in [0.717, 1.165) is 18.4 Å². The molecule has 1 N–H and O–H groups in total. The van der Waals surface area contributed by atoms with Gasteiger partial charge in [0.25, 0.3) is 0 Å². The van der Waals surface area contributed by atoms with Crippen molar-refractivity contribution in [1.29, 1.82) is 0 Å². The van der Waals surface area contributed by atoms with E-state index in [1.807, 2.05) is 0 Å². The van der Waals surface area contributed by atoms with Crippen LogP contribution < -0.4 is 5.32 Å². The fourth-order valence-corrected chi connectivity index (χ4v) is 3.70. The molecule has 1 heteroatoms. The van der Waals surface area contributed by atoms with Crippen LogP contribution in [0, 0.1) is 11.8 Å². The predicted molar refractivity (Wildman–Crippen MR) is 83.5 cm³/mol. The number of nitrogens with one attached hydrogen (secondary N) is 1. The van der Waals surface area contributed by atoms with Crippen molar-refractivity contribution >= 4 is 0 Å². The lowest BCUT2D eigenvalue weighted by molar-refractivity contribution is 0.238. The summed E-state index contributed by atoms with van der Waals surface area (Å²) in [7, 11) is 2.08. The van der Waals surface area contributed by atoms with Gasteiger partial charge in [0.1, 0.15) is 0 Å². The fourth-order valence-electron chi connectivity index (χ4n) is 3.70. The van der Waals surface area contributed by atoms with E-state index < -0.39 is 0 Å². The molecule has 19 heavy (non-hydrogen) atoms. The Balaban J connectivity index is 1.96. The summed E-state index contributed by atoms with van der Waals surface area (Å²) >= 11 is 0. The van der Waals surface area contributed by atoms with Crippen molar-refractivity contribution < 1.29 is 0 Å². The standard InChI is InChI=1S/C18H29N/c1-3-15-8-7-9-16(12-15)13-18(14-19-2)17-10-5-4-6-11-17/h4-6,10-11,15-16,18-19H,3,7-9,12-14H2,1-2H3. The van der Waals surface area contributed by atoms with Crippen LogP contribution in [0.5, 0.6) is 0 Å². The summed E-state index contributed by atoms with van der Waals surface area (Å²) in [5.74, 6) is 2.62. The summed E-state index contributed by atoms with van der Waals surface area (Å²) < 4.78 is 0. The van der Waals surface area contributed by atoms with Crippen molar-refractivity contribution in [3.63, 3.8) is 0 Å². The van der Waals surface area contributed by atoms with E-state index in [1.165, 1.54) is 44.1 Å². The Kier molecular flexibility index (Phi) is 5.91. The van der Waals surface area contributed by atoms with Crippen LogP contribution in [0.4, 0.5) is 0 Å². The Labute approximate surface area is 118 Å². The maximum atomic E-state index is 3.38. The van der Waals surface area contributed by atoms with Crippen molar-refractivity contribution in [2.24, 2.45) is 11.8 Å². The summed E-state index contributed by atoms with van der Waals surface area (Å²) in [6.07, 6.45) is 8.56. The van der Waals surface area contributed by atoms with E-state index in [9.17, 15) is 0 Å². The molecule has 1 saturated carbocycles. The van der Waals surface area contributed by atoms with Gasteiger partial charge in [-0.15, -0.1) is 0 Å². The van der Waals surface area contributed by atoms with Gasteiger partial charge in [-0.3, -0.25) is 0 Å². The van der Waals surface area contributed by atoms with Gasteiger partial charge in [0.2, 0.25) is 0 Å². The molecule has 2 rings (SSSR count). The first-order chi connectivity index (χ1) is 9.33. The normalized spacial score (nSPS) is 25.2. The molecule has 1 aliphatic rings. The third kappa shape index (κ3) is 4.35. The second kappa shape index (κ2) is 7.69. The minimum absolute atomic E-state index is 0.687. The molecule has 0 saturated heterocycles. The first-order valence-electron chi connectivity index (χ1n) is 8.03. The van der Waals surface area contributed by atoms with E-state index in [4.69, 9.17) is 0 Å². The van der Waals surface area contributed by atoms with E-state index in [2.05, 4.69) is 49.6 Å². The number of likely N-dealkylation sites (N-methyl/N-ethyl adjacent to an activating group) is 1. The minimum atomic E-state index is 0.687. The number of hydrogen-bond acceptors (Lipinski definition) is 1. The third-order valence-corrected chi connectivity index (χ3v) is 4.81. The van der Waals surface area contributed by atoms with Crippen molar-refractivity contribution in [1.82, 2.24) is 5.32 Å². The molecule has 0 bridgehead atoms. The second-order valence-electron chi connectivity index (χ2n) is 6.21. The fraction of sp³-hybridized carbons (Fsp3) is 0.667. The van der Waals surface area contributed by atoms with Crippen LogP contribution >= 0.6 is 0 Å². The molecule has 3 atom stereocenters. The van der Waals surface area contributed by atoms with Crippen LogP contribution in [0.2, 0.25) is 0 Å². The summed E-state index contributed by atoms with van der Waals surface area (Å²) in [6.45, 7) is 3.46. The molecular weight excluding hydrogens is 230 g/mol. The molecule has 1 fully saturated rings. The smallest absolute Gasteiger partial charge is 0.00172 e. The molecule has 106 valence electrons. The van der Waals surface area contributed by atoms with Gasteiger partial charge in [0.05, 0.1) is 0 Å². The van der Waals surface area contributed by atoms with E-state index in [1.54, 1.807) is 0 Å². The summed E-state index contributed by atoms with van der Waals surface area (Å²) in [5.41, 5.74) is 1.51. The summed E-state index contributed by atoms with van der Waals surface area (Å²) in [6, 6.07) is 11.1. The zero-order chi connectivity index (χ0) is 13.5. The van der Waals surface area contributed by atoms with E-state index >= 15 is 0 Å². The lowest BCUT2D eigenvalue weighted by atomic mass is 9.75. The second-order valence-corrected chi connectivity index (χ2v) is 6.21. The third-order valence-electron chi connectivity index (χ3n) is 4.81. The van der Waals surface area contributed by atoms with Gasteiger partial charge in [-0.25, -0.2) is 0 Å². The highest BCUT2D eigenvalue weighted by Gasteiger charge is 2.24. The number of hydrogen-bond donors (Lipinski definition) is 1. The van der Waals surface area contributed by atoms with Crippen LogP contribution in [0.25, 0.3) is 0 Å². The quantitative estimate of drug-likeness (QED) is 0.787. The van der Waals surface area contributed by atoms with Crippen molar-refractivity contribution in [2.75, 3.05) is 13.6 Å². The van der Waals surface area contributed by atoms with E-state index in [-0.39, 0.29) is 0 Å². The van der Waals surface area contributed by atoms with Crippen molar-refractivity contribution in [2.45, 2.75) is 51.4 Å². The topological polar surface area (TPSA) is 12.0 Å². The van der Waals surface area contributed by atoms with Crippen molar-refractivity contribution in [3.05, 3.63) is 35.9 Å². The lowest BCUT2D eigenvalue weighted by Crippen LogP contribution is -2.23. The summed E-state index contributed by atoms with van der Waals surface area (Å²) in [5, 5.41) is 3.38. The minimum Gasteiger partial charge on any atom is -0.319 e. The molecule has 1 aromatic rings. The van der Waals surface area contributed by atoms with Crippen molar-refractivity contribution in [3.8, 4) is 0 Å². The van der Waals surface area contributed by atoms with Crippen LogP contribution in [0.3, 0.4) is 0 Å². The highest BCUT2D eigenvalue weighted by Crippen LogP contribution is 2.36. The number of rotatable bonds is 6. The molecule has 0 aromatic heterocycles. The Morgan fingerprint density at radius 3 is 2.58 bits per heavy atom. The molecule has 0 amide bonds. The first-order valence-corrected chi connectivity index (χ1v) is 8.03. The maximum Gasteiger partial charge on any atom is 0.00172 e. The van der Waals surface area contributed by atoms with Gasteiger partial charge in [0, 0.05) is 6.54 Å². The van der Waals surface area contributed by atoms with Gasteiger partial charge in [-0.1, -0.05) is 62.9 Å². The van der Waals surface area contributed by atoms with Gasteiger partial charge in [-0.2, -0.15) is 0 Å². The van der Waals surface area contributed by atoms with Crippen LogP contribution in [0.15, 0.2) is 30.3 Å². The molecule has 0 heterocycles. The van der Waals surface area contributed by atoms with Gasteiger partial charge in [0.15, 0.2) is 0 Å². The maximum absolute atomic E-state index is 3.38. The van der Waals surface area contributed by atoms with Crippen LogP contribution in [0.1, 0.15) is 56.9 Å². The zero-order valence-electron chi connectivity index (χ0n) is 12.6. The largest absolute Gasteiger partial charge is 0.319 e. The van der Waals surface area contributed by atoms with Gasteiger partial charge in [-0.05, 0) is 43.2 Å². The molecule has 0 radical (unpaired) electrons. The molecule has 3 unspecified atom stereocenters. The zero-order valence-corrected chi connectivity index (χ0v) is 12.6. The lowest BCUT2D eigenvalue weighted by Gasteiger charge is -2.31. The Bertz CT molecular complexity index is 346. The molecule has 0 spiro atoms. The van der Waals surface area contributed by atoms with Gasteiger partial charge >= 0.3 is 0 Å². The average molecular weight is 259 g/mol. The number of benzene rings is 1. The monoisotopic (exact) mass is 259 g/mol. The molecule has 1 aromatic carbocycles. The summed E-state index contributed by atoms with van der Waals surface area (Å²) in [4.78, 5) is 0.